The molecule has 3 rings (SSSR count). The summed E-state index contributed by atoms with van der Waals surface area (Å²) in [4.78, 5) is 24.3. The standard InChI is InChI=1S/C27H29NO5.C2H6/c1-18-14-21(10-13-25(29)32-4)15-19(2)26(18)33-22-11-12-24(31-3)23(16-22)27(30)28-17-20-8-6-5-7-9-20;1-2/h5-9,11-12,14-16H,10,13,17H2,1-4H3,(H,28,30);1-2H3. The number of carbonyl (C=O) groups is 2. The van der Waals surface area contributed by atoms with Crippen LogP contribution in [-0.2, 0) is 22.5 Å². The van der Waals surface area contributed by atoms with Crippen LogP contribution in [0, 0.1) is 13.8 Å². The minimum Gasteiger partial charge on any atom is -0.496 e. The second-order valence-electron chi connectivity index (χ2n) is 7.77. The molecular formula is C29H35NO5. The largest absolute Gasteiger partial charge is 0.496 e. The van der Waals surface area contributed by atoms with Crippen LogP contribution in [0.5, 0.6) is 17.2 Å². The predicted molar refractivity (Wildman–Crippen MR) is 138 cm³/mol. The Morgan fingerprint density at radius 2 is 1.51 bits per heavy atom. The number of hydrogen-bond donors (Lipinski definition) is 1. The van der Waals surface area contributed by atoms with Crippen molar-refractivity contribution in [2.75, 3.05) is 14.2 Å². The molecular weight excluding hydrogens is 442 g/mol. The summed E-state index contributed by atoms with van der Waals surface area (Å²) in [6, 6.07) is 18.9. The van der Waals surface area contributed by atoms with Gasteiger partial charge in [-0.25, -0.2) is 0 Å². The van der Waals surface area contributed by atoms with E-state index < -0.39 is 0 Å². The first-order valence-electron chi connectivity index (χ1n) is 11.8. The molecule has 0 aliphatic heterocycles. The van der Waals surface area contributed by atoms with Gasteiger partial charge in [0.05, 0.1) is 19.8 Å². The predicted octanol–water partition coefficient (Wildman–Crippen LogP) is 6.17. The van der Waals surface area contributed by atoms with Crippen molar-refractivity contribution in [1.29, 1.82) is 0 Å². The van der Waals surface area contributed by atoms with Gasteiger partial charge in [0.1, 0.15) is 17.2 Å². The molecule has 0 aliphatic rings. The molecule has 0 fully saturated rings. The van der Waals surface area contributed by atoms with Crippen molar-refractivity contribution < 1.29 is 23.8 Å². The van der Waals surface area contributed by atoms with Gasteiger partial charge in [-0.2, -0.15) is 0 Å². The van der Waals surface area contributed by atoms with E-state index >= 15 is 0 Å². The summed E-state index contributed by atoms with van der Waals surface area (Å²) in [7, 11) is 2.92. The molecule has 6 nitrogen and oxygen atoms in total. The Hall–Kier alpha value is -3.80. The minimum atomic E-state index is -0.243. The van der Waals surface area contributed by atoms with Gasteiger partial charge in [0.25, 0.3) is 5.91 Å². The highest BCUT2D eigenvalue weighted by Gasteiger charge is 2.16. The molecule has 0 bridgehead atoms. The number of rotatable bonds is 9. The van der Waals surface area contributed by atoms with Crippen LogP contribution in [0.3, 0.4) is 0 Å². The van der Waals surface area contributed by atoms with Crippen LogP contribution < -0.4 is 14.8 Å². The average Bonchev–Trinajstić information content (AvgIpc) is 2.89. The lowest BCUT2D eigenvalue weighted by Gasteiger charge is -2.16. The topological polar surface area (TPSA) is 73.9 Å². The number of nitrogens with one attached hydrogen (secondary N) is 1. The lowest BCUT2D eigenvalue weighted by Crippen LogP contribution is -2.23. The van der Waals surface area contributed by atoms with Gasteiger partial charge >= 0.3 is 5.97 Å². The monoisotopic (exact) mass is 477 g/mol. The second kappa shape index (κ2) is 13.8. The van der Waals surface area contributed by atoms with Gasteiger partial charge in [-0.1, -0.05) is 56.3 Å². The van der Waals surface area contributed by atoms with E-state index in [2.05, 4.69) is 5.32 Å². The van der Waals surface area contributed by atoms with Gasteiger partial charge in [0.2, 0.25) is 0 Å². The van der Waals surface area contributed by atoms with Crippen molar-refractivity contribution in [1.82, 2.24) is 5.32 Å². The van der Waals surface area contributed by atoms with Crippen LogP contribution in [0.4, 0.5) is 0 Å². The number of hydrogen-bond acceptors (Lipinski definition) is 5. The third kappa shape index (κ3) is 7.88. The maximum Gasteiger partial charge on any atom is 0.305 e. The summed E-state index contributed by atoms with van der Waals surface area (Å²) >= 11 is 0. The molecule has 0 atom stereocenters. The van der Waals surface area contributed by atoms with E-state index in [1.807, 2.05) is 70.2 Å². The van der Waals surface area contributed by atoms with Gasteiger partial charge in [0, 0.05) is 13.0 Å². The summed E-state index contributed by atoms with van der Waals surface area (Å²) in [5.74, 6) is 1.25. The molecule has 0 spiro atoms. The van der Waals surface area contributed by atoms with E-state index in [0.29, 0.717) is 36.4 Å². The van der Waals surface area contributed by atoms with Gasteiger partial charge in [-0.3, -0.25) is 9.59 Å². The molecule has 0 aliphatic carbocycles. The van der Waals surface area contributed by atoms with Crippen molar-refractivity contribution in [3.05, 3.63) is 88.5 Å². The van der Waals surface area contributed by atoms with Gasteiger partial charge in [-0.05, 0) is 60.7 Å². The lowest BCUT2D eigenvalue weighted by atomic mass is 10.0. The normalized spacial score (nSPS) is 10.0. The molecule has 0 saturated heterocycles. The molecule has 6 heteroatoms. The lowest BCUT2D eigenvalue weighted by molar-refractivity contribution is -0.140. The van der Waals surface area contributed by atoms with Crippen molar-refractivity contribution in [3.8, 4) is 17.2 Å². The quantitative estimate of drug-likeness (QED) is 0.373. The number of amides is 1. The van der Waals surface area contributed by atoms with Crippen LogP contribution >= 0.6 is 0 Å². The first-order valence-corrected chi connectivity index (χ1v) is 11.8. The Kier molecular flexibility index (Phi) is 10.8. The van der Waals surface area contributed by atoms with Crippen molar-refractivity contribution in [2.24, 2.45) is 0 Å². The van der Waals surface area contributed by atoms with Crippen molar-refractivity contribution in [3.63, 3.8) is 0 Å². The van der Waals surface area contributed by atoms with Crippen LogP contribution in [-0.4, -0.2) is 26.1 Å². The molecule has 0 saturated carbocycles. The Balaban J connectivity index is 0.00000210. The van der Waals surface area contributed by atoms with E-state index in [4.69, 9.17) is 14.2 Å². The number of methoxy groups -OCH3 is 2. The van der Waals surface area contributed by atoms with Gasteiger partial charge < -0.3 is 19.5 Å². The van der Waals surface area contributed by atoms with Crippen LogP contribution in [0.1, 0.15) is 52.9 Å². The van der Waals surface area contributed by atoms with Gasteiger partial charge in [0.15, 0.2) is 0 Å². The highest BCUT2D eigenvalue weighted by Crippen LogP contribution is 2.33. The van der Waals surface area contributed by atoms with Crippen molar-refractivity contribution >= 4 is 11.9 Å². The Morgan fingerprint density at radius 3 is 2.11 bits per heavy atom. The second-order valence-corrected chi connectivity index (χ2v) is 7.77. The van der Waals surface area contributed by atoms with E-state index in [1.165, 1.54) is 14.2 Å². The maximum absolute atomic E-state index is 12.8. The van der Waals surface area contributed by atoms with E-state index in [-0.39, 0.29) is 11.9 Å². The fraction of sp³-hybridized carbons (Fsp3) is 0.310. The zero-order chi connectivity index (χ0) is 25.8. The average molecular weight is 478 g/mol. The molecule has 0 aromatic heterocycles. The number of esters is 1. The number of benzene rings is 3. The third-order valence-electron chi connectivity index (χ3n) is 5.30. The summed E-state index contributed by atoms with van der Waals surface area (Å²) < 4.78 is 16.3. The van der Waals surface area contributed by atoms with Crippen LogP contribution in [0.25, 0.3) is 0 Å². The number of carbonyl (C=O) groups excluding carboxylic acids is 2. The van der Waals surface area contributed by atoms with Gasteiger partial charge in [-0.15, -0.1) is 0 Å². The zero-order valence-electron chi connectivity index (χ0n) is 21.4. The third-order valence-corrected chi connectivity index (χ3v) is 5.30. The Morgan fingerprint density at radius 1 is 0.857 bits per heavy atom. The first-order chi connectivity index (χ1) is 16.9. The number of ether oxygens (including phenoxy) is 3. The molecule has 1 amide bonds. The molecule has 1 N–H and O–H groups in total. The minimum absolute atomic E-state index is 0.234. The van der Waals surface area contributed by atoms with Crippen LogP contribution in [0.15, 0.2) is 60.7 Å². The summed E-state index contributed by atoms with van der Waals surface area (Å²) in [5.41, 5.74) is 4.34. The molecule has 0 unspecified atom stereocenters. The first kappa shape index (κ1) is 27.4. The van der Waals surface area contributed by atoms with Crippen LogP contribution in [0.2, 0.25) is 0 Å². The highest BCUT2D eigenvalue weighted by molar-refractivity contribution is 5.97. The molecule has 0 radical (unpaired) electrons. The number of aryl methyl sites for hydroxylation is 3. The molecule has 35 heavy (non-hydrogen) atoms. The maximum atomic E-state index is 12.8. The SMILES string of the molecule is CC.COC(=O)CCc1cc(C)c(Oc2ccc(OC)c(C(=O)NCc3ccccc3)c2)c(C)c1. The summed E-state index contributed by atoms with van der Waals surface area (Å²) in [5, 5.41) is 2.93. The van der Waals surface area contributed by atoms with E-state index in [9.17, 15) is 9.59 Å². The zero-order valence-corrected chi connectivity index (χ0v) is 21.4. The molecule has 3 aromatic carbocycles. The summed E-state index contributed by atoms with van der Waals surface area (Å²) in [6.45, 7) is 8.33. The Labute approximate surface area is 208 Å². The fourth-order valence-electron chi connectivity index (χ4n) is 3.61. The smallest absolute Gasteiger partial charge is 0.305 e. The molecule has 186 valence electrons. The van der Waals surface area contributed by atoms with E-state index in [0.717, 1.165) is 28.0 Å². The summed E-state index contributed by atoms with van der Waals surface area (Å²) in [6.07, 6.45) is 0.929. The molecule has 0 heterocycles. The van der Waals surface area contributed by atoms with Crippen molar-refractivity contribution in [2.45, 2.75) is 47.1 Å². The fourth-order valence-corrected chi connectivity index (χ4v) is 3.61. The van der Waals surface area contributed by atoms with E-state index in [1.54, 1.807) is 18.2 Å². The Bertz CT molecular complexity index is 1100. The highest BCUT2D eigenvalue weighted by atomic mass is 16.5. The molecule has 3 aromatic rings.